The predicted octanol–water partition coefficient (Wildman–Crippen LogP) is 8.09. The van der Waals surface area contributed by atoms with Crippen LogP contribution in [0.2, 0.25) is 0 Å². The summed E-state index contributed by atoms with van der Waals surface area (Å²) in [6, 6.07) is 21.7. The molecule has 6 aromatic rings. The van der Waals surface area contributed by atoms with Crippen LogP contribution in [-0.4, -0.2) is 173 Å². The highest BCUT2D eigenvalue weighted by Crippen LogP contribution is 2.72. The molecule has 2 unspecified atom stereocenters. The summed E-state index contributed by atoms with van der Waals surface area (Å²) >= 11 is 1.41. The average Bonchev–Trinajstić information content (AvgIpc) is 0.810. The fourth-order valence-corrected chi connectivity index (χ4v) is 17.6. The predicted molar refractivity (Wildman–Crippen MR) is 356 cm³/mol. The maximum absolute atomic E-state index is 13.8. The van der Waals surface area contributed by atoms with Gasteiger partial charge in [0.2, 0.25) is 5.91 Å². The molecule has 13 rings (SSSR count). The molecule has 7 atom stereocenters. The van der Waals surface area contributed by atoms with Crippen molar-refractivity contribution in [3.05, 3.63) is 125 Å². The number of imide groups is 1. The SMILES string of the molecule is Cc1c(-c2ccc(N3CCc4cccc(C(=O)Nc5nc6ccccc6s5)c4C3)nc2C(=O)O)cnn1CC12CC3(C)CC(C)(C1)CC(OCCN(C)C(=O)OCc1ccc(O[C@@H]4C[C@H](C(=O)O)[C@@H](O)[C@H](O)[C@H]4O)cc1OCCCNC(=O)CCCCCN1C(=O)C=CC1=O)(C3)C2. The number of carbonyl (C=O) groups excluding carboxylic acids is 5. The molecule has 7 aliphatic rings. The van der Waals surface area contributed by atoms with Crippen LogP contribution in [0.15, 0.2) is 91.1 Å². The van der Waals surface area contributed by atoms with Gasteiger partial charge in [0.15, 0.2) is 10.8 Å². The second kappa shape index (κ2) is 28.0. The van der Waals surface area contributed by atoms with E-state index < -0.39 is 54.0 Å². The van der Waals surface area contributed by atoms with E-state index in [1.54, 1.807) is 25.4 Å². The van der Waals surface area contributed by atoms with Gasteiger partial charge in [-0.25, -0.2) is 19.6 Å². The Morgan fingerprint density at radius 1 is 0.814 bits per heavy atom. The van der Waals surface area contributed by atoms with Crippen LogP contribution in [0.1, 0.15) is 134 Å². The lowest BCUT2D eigenvalue weighted by Gasteiger charge is -2.69. The van der Waals surface area contributed by atoms with Crippen LogP contribution in [0.5, 0.6) is 11.5 Å². The monoisotopic (exact) mass is 1350 g/mol. The number of aliphatic hydroxyl groups excluding tert-OH is 3. The van der Waals surface area contributed by atoms with E-state index in [9.17, 15) is 59.1 Å². The van der Waals surface area contributed by atoms with Gasteiger partial charge in [0.25, 0.3) is 17.7 Å². The first kappa shape index (κ1) is 68.1. The first-order valence-corrected chi connectivity index (χ1v) is 34.0. The second-order valence-electron chi connectivity index (χ2n) is 28.0. The molecule has 0 radical (unpaired) electrons. The summed E-state index contributed by atoms with van der Waals surface area (Å²) in [5.41, 5.74) is 4.82. The topological polar surface area (TPSA) is 335 Å². The fraction of sp³-hybridized carbons (Fsp3) is 0.493. The van der Waals surface area contributed by atoms with Crippen molar-refractivity contribution in [1.82, 2.24) is 34.9 Å². The molecule has 5 fully saturated rings. The van der Waals surface area contributed by atoms with Crippen molar-refractivity contribution < 1.29 is 78.0 Å². The van der Waals surface area contributed by atoms with Crippen LogP contribution in [0.3, 0.4) is 0 Å². The Bertz CT molecular complexity index is 3990. The molecule has 3 aromatic heterocycles. The van der Waals surface area contributed by atoms with E-state index in [1.807, 2.05) is 65.0 Å². The normalized spacial score (nSPS) is 25.5. The number of aromatic nitrogens is 4. The molecule has 0 spiro atoms. The Labute approximate surface area is 564 Å². The number of carboxylic acids is 2. The van der Waals surface area contributed by atoms with Gasteiger partial charge in [-0.1, -0.05) is 55.9 Å². The van der Waals surface area contributed by atoms with Gasteiger partial charge in [-0.2, -0.15) is 5.10 Å². The van der Waals surface area contributed by atoms with Gasteiger partial charge in [0.05, 0.1) is 47.3 Å². The number of para-hydroxylation sites is 1. The number of thiazole rings is 1. The lowest BCUT2D eigenvalue weighted by Crippen LogP contribution is -2.64. The van der Waals surface area contributed by atoms with E-state index in [1.165, 1.54) is 45.4 Å². The smallest absolute Gasteiger partial charge is 0.409 e. The molecule has 5 saturated carbocycles. The third kappa shape index (κ3) is 14.9. The summed E-state index contributed by atoms with van der Waals surface area (Å²) in [7, 11) is 1.63. The molecule has 7 N–H and O–H groups in total. The van der Waals surface area contributed by atoms with E-state index in [0.717, 1.165) is 65.6 Å². The van der Waals surface area contributed by atoms with Gasteiger partial charge >= 0.3 is 18.0 Å². The van der Waals surface area contributed by atoms with Crippen molar-refractivity contribution in [1.29, 1.82) is 0 Å². The van der Waals surface area contributed by atoms with Crippen LogP contribution in [0.25, 0.3) is 21.3 Å². The summed E-state index contributed by atoms with van der Waals surface area (Å²) in [5, 5.41) is 63.4. The number of fused-ring (bicyclic) bond motifs is 2. The Hall–Kier alpha value is -8.82. The van der Waals surface area contributed by atoms with Crippen molar-refractivity contribution in [2.24, 2.45) is 22.2 Å². The van der Waals surface area contributed by atoms with E-state index in [0.29, 0.717) is 84.9 Å². The number of hydrogen-bond acceptors (Lipinski definition) is 19. The molecule has 2 aliphatic heterocycles. The van der Waals surface area contributed by atoms with Crippen LogP contribution in [0.4, 0.5) is 15.7 Å². The highest BCUT2D eigenvalue weighted by molar-refractivity contribution is 7.22. The number of amides is 5. The molecular formula is C71H83N9O16S. The van der Waals surface area contributed by atoms with Gasteiger partial charge in [-0.3, -0.25) is 38.9 Å². The number of unbranched alkanes of at least 4 members (excludes halogenated alkanes) is 2. The van der Waals surface area contributed by atoms with Crippen molar-refractivity contribution in [2.75, 3.05) is 56.7 Å². The van der Waals surface area contributed by atoms with Crippen LogP contribution in [0, 0.1) is 29.1 Å². The highest BCUT2D eigenvalue weighted by Gasteiger charge is 2.66. The number of aliphatic hydroxyl groups is 3. The fourth-order valence-electron chi connectivity index (χ4n) is 16.7. The number of nitrogens with zero attached hydrogens (tertiary/aromatic N) is 7. The number of carboxylic acid groups (broad SMARTS) is 2. The standard InChI is InChI=1S/C71H83N9O16S/c1-42-49(46-19-20-55(75-59(46)65(90)91)78-26-23-43-12-10-13-47(50(43)33-78)63(87)76-66-74-51-14-7-8-15-54(51)97-66)32-73-80(42)41-70-36-68(2)35-69(3,37-70)39-71(38-68,40-70)95-29-27-77(4)67(92)94-34-44-17-18-45(96-53-31-48(64(88)89)60(84)62(86)61(53)85)30-52(44)93-28-11-24-72-56(81)16-6-5-9-25-79-57(82)21-22-58(79)83/h7-8,10,12-15,17-22,30,32,48,53,60-62,84-86H,5-6,9,11,16,23-29,31,33-41H2,1-4H3,(H,72,81)(H,88,89)(H,90,91)(H,74,76,87)/t48-,53+,60+,61-,62-,68?,69?,70?,71?/m0/s1. The maximum atomic E-state index is 13.8. The number of ether oxygens (including phenoxy) is 4. The first-order valence-electron chi connectivity index (χ1n) is 33.2. The number of aromatic carboxylic acids is 1. The Morgan fingerprint density at radius 2 is 1.59 bits per heavy atom. The first-order chi connectivity index (χ1) is 46.4. The molecule has 0 saturated heterocycles. The third-order valence-electron chi connectivity index (χ3n) is 20.2. The molecule has 26 heteroatoms. The molecule has 25 nitrogen and oxygen atoms in total. The quantitative estimate of drug-likeness (QED) is 0.0189. The van der Waals surface area contributed by atoms with Gasteiger partial charge in [-0.15, -0.1) is 0 Å². The molecule has 97 heavy (non-hydrogen) atoms. The van der Waals surface area contributed by atoms with E-state index in [2.05, 4.69) is 29.5 Å². The Balaban J connectivity index is 0.662. The van der Waals surface area contributed by atoms with Crippen LogP contribution in [-0.2, 0) is 54.8 Å². The molecule has 514 valence electrons. The van der Waals surface area contributed by atoms with Crippen LogP contribution >= 0.6 is 11.3 Å². The van der Waals surface area contributed by atoms with Crippen molar-refractivity contribution in [3.63, 3.8) is 0 Å². The molecule has 5 amide bonds. The van der Waals surface area contributed by atoms with E-state index in [4.69, 9.17) is 29.0 Å². The Morgan fingerprint density at radius 3 is 2.34 bits per heavy atom. The van der Waals surface area contributed by atoms with Gasteiger partial charge in [0.1, 0.15) is 42.2 Å². The largest absolute Gasteiger partial charge is 0.493 e. The summed E-state index contributed by atoms with van der Waals surface area (Å²) in [6.45, 7) is 9.11. The molecule has 4 bridgehead atoms. The minimum absolute atomic E-state index is 0.0271. The zero-order valence-electron chi connectivity index (χ0n) is 54.9. The van der Waals surface area contributed by atoms with Gasteiger partial charge in [-0.05, 0) is 141 Å². The van der Waals surface area contributed by atoms with E-state index in [-0.39, 0.29) is 109 Å². The Kier molecular flexibility index (Phi) is 19.6. The number of nitrogens with one attached hydrogen (secondary N) is 2. The lowest BCUT2D eigenvalue weighted by atomic mass is 9.39. The zero-order valence-corrected chi connectivity index (χ0v) is 55.7. The molecular weight excluding hydrogens is 1270 g/mol. The minimum Gasteiger partial charge on any atom is -0.493 e. The van der Waals surface area contributed by atoms with E-state index >= 15 is 0 Å². The number of anilines is 2. The molecule has 5 aliphatic carbocycles. The van der Waals surface area contributed by atoms with Gasteiger partial charge < -0.3 is 59.6 Å². The van der Waals surface area contributed by atoms with Crippen LogP contribution < -0.4 is 25.0 Å². The zero-order chi connectivity index (χ0) is 68.6. The number of likely N-dealkylation sites (N-methyl/N-ethyl adjacent to an activating group) is 1. The number of aliphatic carboxylic acids is 1. The van der Waals surface area contributed by atoms with Crippen molar-refractivity contribution in [2.45, 2.75) is 154 Å². The number of carbonyl (C=O) groups is 7. The number of pyridine rings is 1. The van der Waals surface area contributed by atoms with Crippen molar-refractivity contribution >= 4 is 74.2 Å². The lowest BCUT2D eigenvalue weighted by molar-refractivity contribution is -0.248. The third-order valence-corrected chi connectivity index (χ3v) is 21.1. The van der Waals surface area contributed by atoms with Crippen molar-refractivity contribution in [3.8, 4) is 22.6 Å². The van der Waals surface area contributed by atoms with Gasteiger partial charge in [0, 0.05) is 105 Å². The summed E-state index contributed by atoms with van der Waals surface area (Å²) in [6.07, 6.45) is 5.53. The highest BCUT2D eigenvalue weighted by atomic mass is 32.1. The number of rotatable bonds is 27. The molecule has 3 aromatic carbocycles. The average molecular weight is 1350 g/mol. The summed E-state index contributed by atoms with van der Waals surface area (Å²) in [5.74, 6) is -4.17. The summed E-state index contributed by atoms with van der Waals surface area (Å²) < 4.78 is 28.1. The second-order valence-corrected chi connectivity index (χ2v) is 29.1. The number of benzene rings is 3. The number of hydrogen-bond donors (Lipinski definition) is 7. The molecule has 5 heterocycles. The minimum atomic E-state index is -1.78. The summed E-state index contributed by atoms with van der Waals surface area (Å²) in [4.78, 5) is 103. The maximum Gasteiger partial charge on any atom is 0.409 e.